The third-order valence-corrected chi connectivity index (χ3v) is 2.24. The van der Waals surface area contributed by atoms with Gasteiger partial charge in [-0.15, -0.1) is 0 Å². The summed E-state index contributed by atoms with van der Waals surface area (Å²) in [5.41, 5.74) is 3.67. The lowest BCUT2D eigenvalue weighted by molar-refractivity contribution is 0.473. The van der Waals surface area contributed by atoms with Crippen LogP contribution in [0.5, 0.6) is 11.5 Å². The highest BCUT2D eigenvalue weighted by Gasteiger charge is 2.02. The summed E-state index contributed by atoms with van der Waals surface area (Å²) in [5.74, 6) is 6.97. The van der Waals surface area contributed by atoms with Gasteiger partial charge < -0.3 is 4.74 Å². The van der Waals surface area contributed by atoms with Gasteiger partial charge in [-0.2, -0.15) is 0 Å². The smallest absolute Gasteiger partial charge is 0.131 e. The zero-order chi connectivity index (χ0) is 13.2. The Morgan fingerprint density at radius 1 is 0.944 bits per heavy atom. The van der Waals surface area contributed by atoms with Gasteiger partial charge in [0, 0.05) is 12.1 Å². The van der Waals surface area contributed by atoms with Gasteiger partial charge in [0.1, 0.15) is 11.5 Å². The van der Waals surface area contributed by atoms with Crippen LogP contribution in [0.2, 0.25) is 0 Å². The molecule has 0 aromatic heterocycles. The Bertz CT molecular complexity index is 443. The van der Waals surface area contributed by atoms with Crippen molar-refractivity contribution in [1.29, 1.82) is 0 Å². The van der Waals surface area contributed by atoms with Crippen LogP contribution < -0.4 is 16.0 Å². The molecule has 0 amide bonds. The number of benzene rings is 2. The molecule has 18 heavy (non-hydrogen) atoms. The topological polar surface area (TPSA) is 47.3 Å². The molecular weight excluding hydrogens is 224 g/mol. The monoisotopic (exact) mass is 244 g/mol. The standard InChI is InChI=1S/C13H14N2O.C2H6/c14-15-10-11-6-4-5-9-13(11)16-12-7-2-1-3-8-12;1-2/h1-9,15H,10,14H2;1-2H3. The van der Waals surface area contributed by atoms with Gasteiger partial charge in [0.15, 0.2) is 0 Å². The fraction of sp³-hybridized carbons (Fsp3) is 0.200. The zero-order valence-electron chi connectivity index (χ0n) is 10.9. The quantitative estimate of drug-likeness (QED) is 0.639. The second-order valence-corrected chi connectivity index (χ2v) is 3.40. The molecule has 0 saturated heterocycles. The van der Waals surface area contributed by atoms with Crippen LogP contribution in [-0.2, 0) is 6.54 Å². The summed E-state index contributed by atoms with van der Waals surface area (Å²) in [7, 11) is 0. The van der Waals surface area contributed by atoms with Crippen LogP contribution in [0.1, 0.15) is 19.4 Å². The molecular formula is C15H20N2O. The van der Waals surface area contributed by atoms with Gasteiger partial charge in [-0.3, -0.25) is 11.3 Å². The molecule has 0 aliphatic carbocycles. The molecule has 0 atom stereocenters. The number of ether oxygens (including phenoxy) is 1. The molecule has 0 bridgehead atoms. The summed E-state index contributed by atoms with van der Waals surface area (Å²) < 4.78 is 5.77. The van der Waals surface area contributed by atoms with Gasteiger partial charge in [0.25, 0.3) is 0 Å². The first kappa shape index (κ1) is 14.2. The number of nitrogens with two attached hydrogens (primary N) is 1. The van der Waals surface area contributed by atoms with Gasteiger partial charge >= 0.3 is 0 Å². The highest BCUT2D eigenvalue weighted by molar-refractivity contribution is 5.37. The minimum atomic E-state index is 0.586. The summed E-state index contributed by atoms with van der Waals surface area (Å²) in [6.45, 7) is 4.59. The van der Waals surface area contributed by atoms with Crippen LogP contribution in [0.4, 0.5) is 0 Å². The Morgan fingerprint density at radius 2 is 1.56 bits per heavy atom. The molecule has 0 saturated carbocycles. The third-order valence-electron chi connectivity index (χ3n) is 2.24. The Labute approximate surface area is 109 Å². The van der Waals surface area contributed by atoms with Gasteiger partial charge in [0.05, 0.1) is 0 Å². The number of nitrogens with one attached hydrogen (secondary N) is 1. The van der Waals surface area contributed by atoms with E-state index in [0.717, 1.165) is 17.1 Å². The molecule has 3 heteroatoms. The van der Waals surface area contributed by atoms with Crippen LogP contribution in [0.15, 0.2) is 54.6 Å². The lowest BCUT2D eigenvalue weighted by atomic mass is 10.2. The Hall–Kier alpha value is -1.84. The molecule has 3 N–H and O–H groups in total. The van der Waals surface area contributed by atoms with Crippen LogP contribution in [-0.4, -0.2) is 0 Å². The third kappa shape index (κ3) is 4.20. The molecule has 2 rings (SSSR count). The van der Waals surface area contributed by atoms with E-state index < -0.39 is 0 Å². The minimum absolute atomic E-state index is 0.586. The molecule has 0 aliphatic rings. The van der Waals surface area contributed by atoms with Crippen LogP contribution >= 0.6 is 0 Å². The molecule has 0 unspecified atom stereocenters. The first-order chi connectivity index (χ1) is 8.90. The zero-order valence-corrected chi connectivity index (χ0v) is 10.9. The predicted octanol–water partition coefficient (Wildman–Crippen LogP) is 3.47. The molecule has 0 spiro atoms. The SMILES string of the molecule is CC.NNCc1ccccc1Oc1ccccc1. The molecule has 0 heterocycles. The van der Waals surface area contributed by atoms with Gasteiger partial charge in [-0.1, -0.05) is 50.2 Å². The average molecular weight is 244 g/mol. The summed E-state index contributed by atoms with van der Waals surface area (Å²) in [5, 5.41) is 0. The van der Waals surface area contributed by atoms with E-state index in [4.69, 9.17) is 10.6 Å². The van der Waals surface area contributed by atoms with Gasteiger partial charge in [-0.05, 0) is 18.2 Å². The highest BCUT2D eigenvalue weighted by atomic mass is 16.5. The maximum Gasteiger partial charge on any atom is 0.131 e. The molecule has 2 aromatic carbocycles. The van der Waals surface area contributed by atoms with E-state index in [9.17, 15) is 0 Å². The van der Waals surface area contributed by atoms with E-state index in [-0.39, 0.29) is 0 Å². The maximum atomic E-state index is 5.77. The van der Waals surface area contributed by atoms with Crippen molar-refractivity contribution >= 4 is 0 Å². The number of hydrazine groups is 1. The average Bonchev–Trinajstić information content (AvgIpc) is 2.45. The lowest BCUT2D eigenvalue weighted by Gasteiger charge is -2.10. The Balaban J connectivity index is 0.000000771. The van der Waals surface area contributed by atoms with E-state index in [2.05, 4.69) is 5.43 Å². The van der Waals surface area contributed by atoms with Crippen molar-refractivity contribution in [2.24, 2.45) is 5.84 Å². The normalized spacial score (nSPS) is 9.28. The van der Waals surface area contributed by atoms with Crippen LogP contribution in [0, 0.1) is 0 Å². The second-order valence-electron chi connectivity index (χ2n) is 3.40. The molecule has 2 aromatic rings. The van der Waals surface area contributed by atoms with Crippen molar-refractivity contribution in [3.05, 3.63) is 60.2 Å². The van der Waals surface area contributed by atoms with Gasteiger partial charge in [0.2, 0.25) is 0 Å². The minimum Gasteiger partial charge on any atom is -0.457 e. The van der Waals surface area contributed by atoms with Crippen molar-refractivity contribution in [1.82, 2.24) is 5.43 Å². The fourth-order valence-electron chi connectivity index (χ4n) is 1.47. The van der Waals surface area contributed by atoms with Crippen LogP contribution in [0.3, 0.4) is 0 Å². The summed E-state index contributed by atoms with van der Waals surface area (Å²) in [4.78, 5) is 0. The van der Waals surface area contributed by atoms with Crippen LogP contribution in [0.25, 0.3) is 0 Å². The summed E-state index contributed by atoms with van der Waals surface area (Å²) in [6.07, 6.45) is 0. The summed E-state index contributed by atoms with van der Waals surface area (Å²) in [6, 6.07) is 17.5. The van der Waals surface area contributed by atoms with Crippen molar-refractivity contribution < 1.29 is 4.74 Å². The lowest BCUT2D eigenvalue weighted by Crippen LogP contribution is -2.21. The molecule has 0 fully saturated rings. The molecule has 96 valence electrons. The number of rotatable bonds is 4. The van der Waals surface area contributed by atoms with Crippen molar-refractivity contribution in [3.8, 4) is 11.5 Å². The number of hydrogen-bond acceptors (Lipinski definition) is 3. The van der Waals surface area contributed by atoms with E-state index in [1.165, 1.54) is 0 Å². The Morgan fingerprint density at radius 3 is 2.22 bits per heavy atom. The fourth-order valence-corrected chi connectivity index (χ4v) is 1.47. The predicted molar refractivity (Wildman–Crippen MR) is 75.3 cm³/mol. The molecule has 0 aliphatic heterocycles. The number of hydrogen-bond donors (Lipinski definition) is 2. The largest absolute Gasteiger partial charge is 0.457 e. The second kappa shape index (κ2) is 8.28. The molecule has 0 radical (unpaired) electrons. The van der Waals surface area contributed by atoms with Crippen molar-refractivity contribution in [2.45, 2.75) is 20.4 Å². The van der Waals surface area contributed by atoms with E-state index in [1.54, 1.807) is 0 Å². The van der Waals surface area contributed by atoms with E-state index in [0.29, 0.717) is 6.54 Å². The number of para-hydroxylation sites is 2. The van der Waals surface area contributed by atoms with Gasteiger partial charge in [-0.25, -0.2) is 0 Å². The highest BCUT2D eigenvalue weighted by Crippen LogP contribution is 2.24. The van der Waals surface area contributed by atoms with Crippen molar-refractivity contribution in [2.75, 3.05) is 0 Å². The molecule has 3 nitrogen and oxygen atoms in total. The van der Waals surface area contributed by atoms with E-state index in [1.807, 2.05) is 68.4 Å². The maximum absolute atomic E-state index is 5.77. The van der Waals surface area contributed by atoms with Crippen molar-refractivity contribution in [3.63, 3.8) is 0 Å². The summed E-state index contributed by atoms with van der Waals surface area (Å²) >= 11 is 0. The first-order valence-corrected chi connectivity index (χ1v) is 6.14. The van der Waals surface area contributed by atoms with E-state index >= 15 is 0 Å². The Kier molecular flexibility index (Phi) is 6.54. The first-order valence-electron chi connectivity index (χ1n) is 6.14.